The largest absolute Gasteiger partial charge is 0.493 e. The van der Waals surface area contributed by atoms with E-state index in [9.17, 15) is 0 Å². The van der Waals surface area contributed by atoms with E-state index >= 15 is 0 Å². The summed E-state index contributed by atoms with van der Waals surface area (Å²) in [4.78, 5) is 0. The summed E-state index contributed by atoms with van der Waals surface area (Å²) < 4.78 is 11.1. The molecule has 4 atom stereocenters. The Morgan fingerprint density at radius 3 is 2.80 bits per heavy atom. The lowest BCUT2D eigenvalue weighted by atomic mass is 9.71. The molecule has 0 aromatic heterocycles. The molecule has 0 radical (unpaired) electrons. The van der Waals surface area contributed by atoms with Crippen molar-refractivity contribution in [3.63, 3.8) is 0 Å². The molecule has 2 aliphatic rings. The summed E-state index contributed by atoms with van der Waals surface area (Å²) in [6.45, 7) is 1.10. The van der Waals surface area contributed by atoms with Crippen molar-refractivity contribution in [3.05, 3.63) is 23.8 Å². The van der Waals surface area contributed by atoms with Crippen molar-refractivity contribution in [1.29, 1.82) is 0 Å². The number of hydrogen-bond donors (Lipinski definition) is 2. The number of para-hydroxylation sites is 1. The minimum absolute atomic E-state index is 0.266. The van der Waals surface area contributed by atoms with Crippen molar-refractivity contribution < 1.29 is 9.47 Å². The molecular weight excluding hydrogens is 252 g/mol. The SMILES string of the molecule is COc1cccc(C2CC(N)CC3NCCC32)c1OC. The molecule has 1 aromatic carbocycles. The molecule has 3 rings (SSSR count). The number of methoxy groups -OCH3 is 2. The second-order valence-electron chi connectivity index (χ2n) is 5.93. The van der Waals surface area contributed by atoms with E-state index in [4.69, 9.17) is 15.2 Å². The molecule has 0 bridgehead atoms. The fourth-order valence-electron chi connectivity index (χ4n) is 4.01. The molecule has 4 unspecified atom stereocenters. The maximum atomic E-state index is 6.27. The van der Waals surface area contributed by atoms with E-state index in [0.29, 0.717) is 17.9 Å². The highest BCUT2D eigenvalue weighted by atomic mass is 16.5. The molecule has 1 aromatic rings. The van der Waals surface area contributed by atoms with Crippen molar-refractivity contribution in [3.8, 4) is 11.5 Å². The Hall–Kier alpha value is -1.26. The molecule has 1 aliphatic heterocycles. The van der Waals surface area contributed by atoms with Crippen LogP contribution in [0.25, 0.3) is 0 Å². The first-order valence-electron chi connectivity index (χ1n) is 7.44. The highest BCUT2D eigenvalue weighted by Gasteiger charge is 2.41. The molecule has 4 heteroatoms. The molecule has 1 saturated heterocycles. The monoisotopic (exact) mass is 276 g/mol. The van der Waals surface area contributed by atoms with Gasteiger partial charge in [-0.15, -0.1) is 0 Å². The first-order valence-corrected chi connectivity index (χ1v) is 7.44. The lowest BCUT2D eigenvalue weighted by molar-refractivity contribution is 0.249. The Kier molecular flexibility index (Phi) is 3.85. The third-order valence-corrected chi connectivity index (χ3v) is 4.86. The number of hydrogen-bond acceptors (Lipinski definition) is 4. The fraction of sp³-hybridized carbons (Fsp3) is 0.625. The van der Waals surface area contributed by atoms with Gasteiger partial charge in [0.05, 0.1) is 14.2 Å². The van der Waals surface area contributed by atoms with Crippen LogP contribution < -0.4 is 20.5 Å². The van der Waals surface area contributed by atoms with Gasteiger partial charge < -0.3 is 20.5 Å². The van der Waals surface area contributed by atoms with Crippen molar-refractivity contribution in [2.45, 2.75) is 37.3 Å². The van der Waals surface area contributed by atoms with Crippen LogP contribution in [0, 0.1) is 5.92 Å². The van der Waals surface area contributed by atoms with Gasteiger partial charge in [-0.1, -0.05) is 12.1 Å². The second-order valence-corrected chi connectivity index (χ2v) is 5.93. The Labute approximate surface area is 120 Å². The lowest BCUT2D eigenvalue weighted by Gasteiger charge is -2.38. The topological polar surface area (TPSA) is 56.5 Å². The summed E-state index contributed by atoms with van der Waals surface area (Å²) in [6, 6.07) is 6.99. The van der Waals surface area contributed by atoms with Gasteiger partial charge in [0.1, 0.15) is 0 Å². The normalized spacial score (nSPS) is 32.8. The van der Waals surface area contributed by atoms with E-state index in [0.717, 1.165) is 30.9 Å². The summed E-state index contributed by atoms with van der Waals surface area (Å²) in [5.74, 6) is 2.81. The second kappa shape index (κ2) is 5.62. The third-order valence-electron chi connectivity index (χ3n) is 4.86. The van der Waals surface area contributed by atoms with Gasteiger partial charge in [-0.3, -0.25) is 0 Å². The van der Waals surface area contributed by atoms with Gasteiger partial charge in [0.2, 0.25) is 0 Å². The average Bonchev–Trinajstić information content (AvgIpc) is 2.93. The zero-order valence-corrected chi connectivity index (χ0v) is 12.3. The predicted octanol–water partition coefficient (Wildman–Crippen LogP) is 1.89. The highest BCUT2D eigenvalue weighted by Crippen LogP contribution is 2.46. The Morgan fingerprint density at radius 2 is 2.05 bits per heavy atom. The predicted molar refractivity (Wildman–Crippen MR) is 79.4 cm³/mol. The number of rotatable bonds is 3. The van der Waals surface area contributed by atoms with Gasteiger partial charge in [-0.25, -0.2) is 0 Å². The number of benzene rings is 1. The van der Waals surface area contributed by atoms with Crippen LogP contribution in [0.15, 0.2) is 18.2 Å². The zero-order valence-electron chi connectivity index (χ0n) is 12.3. The van der Waals surface area contributed by atoms with Crippen LogP contribution in [0.2, 0.25) is 0 Å². The van der Waals surface area contributed by atoms with E-state index in [-0.39, 0.29) is 6.04 Å². The van der Waals surface area contributed by atoms with Crippen molar-refractivity contribution >= 4 is 0 Å². The van der Waals surface area contributed by atoms with Crippen molar-refractivity contribution in [1.82, 2.24) is 5.32 Å². The summed E-state index contributed by atoms with van der Waals surface area (Å²) in [5.41, 5.74) is 7.52. The summed E-state index contributed by atoms with van der Waals surface area (Å²) in [7, 11) is 3.41. The lowest BCUT2D eigenvalue weighted by Crippen LogP contribution is -2.43. The van der Waals surface area contributed by atoms with Gasteiger partial charge in [0.15, 0.2) is 11.5 Å². The maximum absolute atomic E-state index is 6.27. The number of ether oxygens (including phenoxy) is 2. The minimum Gasteiger partial charge on any atom is -0.493 e. The van der Waals surface area contributed by atoms with Gasteiger partial charge in [0, 0.05) is 17.6 Å². The number of fused-ring (bicyclic) bond motifs is 1. The Bertz CT molecular complexity index is 478. The van der Waals surface area contributed by atoms with E-state index in [1.165, 1.54) is 12.0 Å². The molecule has 20 heavy (non-hydrogen) atoms. The van der Waals surface area contributed by atoms with Crippen molar-refractivity contribution in [2.75, 3.05) is 20.8 Å². The van der Waals surface area contributed by atoms with E-state index in [1.54, 1.807) is 14.2 Å². The summed E-state index contributed by atoms with van der Waals surface area (Å²) in [6.07, 6.45) is 3.35. The molecule has 0 amide bonds. The molecule has 1 heterocycles. The average molecular weight is 276 g/mol. The Morgan fingerprint density at radius 1 is 1.20 bits per heavy atom. The molecule has 4 nitrogen and oxygen atoms in total. The fourth-order valence-corrected chi connectivity index (χ4v) is 4.01. The van der Waals surface area contributed by atoms with E-state index < -0.39 is 0 Å². The van der Waals surface area contributed by atoms with Crippen LogP contribution in [-0.4, -0.2) is 32.8 Å². The van der Waals surface area contributed by atoms with E-state index in [1.807, 2.05) is 12.1 Å². The van der Waals surface area contributed by atoms with Crippen LogP contribution in [-0.2, 0) is 0 Å². The first kappa shape index (κ1) is 13.7. The number of nitrogens with two attached hydrogens (primary N) is 1. The smallest absolute Gasteiger partial charge is 0.164 e. The number of nitrogens with one attached hydrogen (secondary N) is 1. The van der Waals surface area contributed by atoms with Gasteiger partial charge >= 0.3 is 0 Å². The van der Waals surface area contributed by atoms with Crippen LogP contribution in [0.3, 0.4) is 0 Å². The highest BCUT2D eigenvalue weighted by molar-refractivity contribution is 5.49. The van der Waals surface area contributed by atoms with Gasteiger partial charge in [-0.2, -0.15) is 0 Å². The first-order chi connectivity index (χ1) is 9.74. The van der Waals surface area contributed by atoms with Crippen LogP contribution >= 0.6 is 0 Å². The molecule has 1 saturated carbocycles. The quantitative estimate of drug-likeness (QED) is 0.885. The van der Waals surface area contributed by atoms with Gasteiger partial charge in [-0.05, 0) is 43.7 Å². The summed E-state index contributed by atoms with van der Waals surface area (Å²) in [5, 5.41) is 3.60. The molecule has 3 N–H and O–H groups in total. The standard InChI is InChI=1S/C16H24N2O2/c1-19-15-5-3-4-12(16(15)20-2)13-8-10(17)9-14-11(13)6-7-18-14/h3-5,10-11,13-14,18H,6-9,17H2,1-2H3. The summed E-state index contributed by atoms with van der Waals surface area (Å²) >= 11 is 0. The molecule has 0 spiro atoms. The molecule has 110 valence electrons. The van der Waals surface area contributed by atoms with Gasteiger partial charge in [0.25, 0.3) is 0 Å². The van der Waals surface area contributed by atoms with Crippen LogP contribution in [0.5, 0.6) is 11.5 Å². The molecule has 2 fully saturated rings. The molecule has 1 aliphatic carbocycles. The zero-order chi connectivity index (χ0) is 14.1. The maximum Gasteiger partial charge on any atom is 0.164 e. The Balaban J connectivity index is 1.98. The van der Waals surface area contributed by atoms with Crippen molar-refractivity contribution in [2.24, 2.45) is 11.7 Å². The minimum atomic E-state index is 0.266. The van der Waals surface area contributed by atoms with Crippen LogP contribution in [0.1, 0.15) is 30.7 Å². The van der Waals surface area contributed by atoms with Crippen LogP contribution in [0.4, 0.5) is 0 Å². The molecular formula is C16H24N2O2. The third kappa shape index (κ3) is 2.27. The van der Waals surface area contributed by atoms with E-state index in [2.05, 4.69) is 11.4 Å².